The second kappa shape index (κ2) is 6.52. The van der Waals surface area contributed by atoms with Gasteiger partial charge in [0, 0.05) is 10.0 Å². The molecule has 0 saturated heterocycles. The number of halogens is 5. The van der Waals surface area contributed by atoms with E-state index < -0.39 is 0 Å². The Morgan fingerprint density at radius 3 is 2.35 bits per heavy atom. The number of hydrogen-bond donors (Lipinski definition) is 1. The average Bonchev–Trinajstić information content (AvgIpc) is 2.35. The van der Waals surface area contributed by atoms with Crippen LogP contribution < -0.4 is 5.32 Å². The monoisotopic (exact) mass is 395 g/mol. The molecule has 0 radical (unpaired) electrons. The average molecular weight is 398 g/mol. The Morgan fingerprint density at radius 1 is 1.05 bits per heavy atom. The van der Waals surface area contributed by atoms with Gasteiger partial charge in [0.25, 0.3) is 0 Å². The first-order chi connectivity index (χ1) is 9.38. The van der Waals surface area contributed by atoms with Crippen LogP contribution in [0.5, 0.6) is 0 Å². The third kappa shape index (κ3) is 3.59. The molecule has 0 spiro atoms. The SMILES string of the molecule is CC(Nc1cc(Cl)c(Cl)cc1Cl)c1ccc(Br)cc1F. The Balaban J connectivity index is 2.27. The second-order valence-electron chi connectivity index (χ2n) is 4.28. The minimum Gasteiger partial charge on any atom is -0.377 e. The van der Waals surface area contributed by atoms with E-state index in [4.69, 9.17) is 34.8 Å². The van der Waals surface area contributed by atoms with Crippen molar-refractivity contribution in [2.45, 2.75) is 13.0 Å². The smallest absolute Gasteiger partial charge is 0.129 e. The molecule has 0 heterocycles. The molecule has 1 nitrogen and oxygen atoms in total. The normalized spacial score (nSPS) is 12.3. The fourth-order valence-corrected chi connectivity index (χ4v) is 2.73. The molecule has 2 aromatic carbocycles. The van der Waals surface area contributed by atoms with Gasteiger partial charge in [-0.05, 0) is 31.2 Å². The van der Waals surface area contributed by atoms with Crippen LogP contribution in [0.25, 0.3) is 0 Å². The van der Waals surface area contributed by atoms with Gasteiger partial charge in [0.2, 0.25) is 0 Å². The van der Waals surface area contributed by atoms with Gasteiger partial charge in [0.15, 0.2) is 0 Å². The standard InChI is InChI=1S/C14H10BrCl3FN/c1-7(9-3-2-8(15)4-13(9)19)20-14-6-11(17)10(16)5-12(14)18/h2-7,20H,1H3. The summed E-state index contributed by atoms with van der Waals surface area (Å²) >= 11 is 21.1. The summed E-state index contributed by atoms with van der Waals surface area (Å²) in [4.78, 5) is 0. The van der Waals surface area contributed by atoms with Crippen molar-refractivity contribution in [1.29, 1.82) is 0 Å². The zero-order chi connectivity index (χ0) is 14.9. The first-order valence-electron chi connectivity index (χ1n) is 5.74. The molecular weight excluding hydrogens is 387 g/mol. The van der Waals surface area contributed by atoms with Crippen molar-refractivity contribution in [3.8, 4) is 0 Å². The van der Waals surface area contributed by atoms with Gasteiger partial charge in [-0.3, -0.25) is 0 Å². The lowest BCUT2D eigenvalue weighted by Gasteiger charge is -2.18. The van der Waals surface area contributed by atoms with E-state index in [0.717, 1.165) is 0 Å². The van der Waals surface area contributed by atoms with E-state index >= 15 is 0 Å². The molecule has 0 saturated carbocycles. The van der Waals surface area contributed by atoms with E-state index in [1.54, 1.807) is 24.3 Å². The van der Waals surface area contributed by atoms with Crippen molar-refractivity contribution in [3.63, 3.8) is 0 Å². The highest BCUT2D eigenvalue weighted by Crippen LogP contribution is 2.34. The minimum atomic E-state index is -0.296. The van der Waals surface area contributed by atoms with E-state index in [1.807, 2.05) is 6.92 Å². The fraction of sp³-hybridized carbons (Fsp3) is 0.143. The molecular formula is C14H10BrCl3FN. The molecule has 6 heteroatoms. The van der Waals surface area contributed by atoms with Crippen LogP contribution in [-0.4, -0.2) is 0 Å². The van der Waals surface area contributed by atoms with Crippen LogP contribution >= 0.6 is 50.7 Å². The van der Waals surface area contributed by atoms with E-state index in [9.17, 15) is 4.39 Å². The van der Waals surface area contributed by atoms with Crippen molar-refractivity contribution in [2.24, 2.45) is 0 Å². The van der Waals surface area contributed by atoms with Crippen LogP contribution in [0.2, 0.25) is 15.1 Å². The summed E-state index contributed by atoms with van der Waals surface area (Å²) in [6.45, 7) is 1.84. The van der Waals surface area contributed by atoms with Crippen LogP contribution in [0.3, 0.4) is 0 Å². The first kappa shape index (κ1) is 15.9. The summed E-state index contributed by atoms with van der Waals surface area (Å²) in [5.74, 6) is -0.296. The largest absolute Gasteiger partial charge is 0.377 e. The maximum atomic E-state index is 13.9. The number of hydrogen-bond acceptors (Lipinski definition) is 1. The van der Waals surface area contributed by atoms with Gasteiger partial charge in [-0.1, -0.05) is 56.8 Å². The maximum Gasteiger partial charge on any atom is 0.129 e. The molecule has 2 aromatic rings. The Labute approximate surface area is 140 Å². The van der Waals surface area contributed by atoms with Crippen LogP contribution in [0.4, 0.5) is 10.1 Å². The summed E-state index contributed by atoms with van der Waals surface area (Å²) in [6, 6.07) is 7.83. The van der Waals surface area contributed by atoms with E-state index in [-0.39, 0.29) is 11.9 Å². The van der Waals surface area contributed by atoms with Gasteiger partial charge >= 0.3 is 0 Å². The van der Waals surface area contributed by atoms with E-state index in [1.165, 1.54) is 6.07 Å². The quantitative estimate of drug-likeness (QED) is 0.567. The van der Waals surface area contributed by atoms with Gasteiger partial charge in [-0.15, -0.1) is 0 Å². The highest BCUT2D eigenvalue weighted by molar-refractivity contribution is 9.10. The van der Waals surface area contributed by atoms with Crippen molar-refractivity contribution in [3.05, 3.63) is 61.3 Å². The van der Waals surface area contributed by atoms with Crippen LogP contribution in [0.15, 0.2) is 34.8 Å². The topological polar surface area (TPSA) is 12.0 Å². The van der Waals surface area contributed by atoms with Crippen molar-refractivity contribution < 1.29 is 4.39 Å². The summed E-state index contributed by atoms with van der Waals surface area (Å²) < 4.78 is 14.6. The summed E-state index contributed by atoms with van der Waals surface area (Å²) in [7, 11) is 0. The van der Waals surface area contributed by atoms with E-state index in [2.05, 4.69) is 21.2 Å². The zero-order valence-electron chi connectivity index (χ0n) is 10.4. The van der Waals surface area contributed by atoms with E-state index in [0.29, 0.717) is 30.8 Å². The zero-order valence-corrected chi connectivity index (χ0v) is 14.2. The molecule has 106 valence electrons. The molecule has 0 aliphatic heterocycles. The van der Waals surface area contributed by atoms with Crippen LogP contribution in [0.1, 0.15) is 18.5 Å². The molecule has 2 rings (SSSR count). The van der Waals surface area contributed by atoms with Gasteiger partial charge in [-0.25, -0.2) is 4.39 Å². The summed E-state index contributed by atoms with van der Waals surface area (Å²) in [5.41, 5.74) is 1.14. The molecule has 1 atom stereocenters. The number of rotatable bonds is 3. The highest BCUT2D eigenvalue weighted by Gasteiger charge is 2.13. The van der Waals surface area contributed by atoms with Crippen molar-refractivity contribution >= 4 is 56.4 Å². The number of benzene rings is 2. The number of nitrogens with one attached hydrogen (secondary N) is 1. The highest BCUT2D eigenvalue weighted by atomic mass is 79.9. The predicted molar refractivity (Wildman–Crippen MR) is 87.6 cm³/mol. The molecule has 1 N–H and O–H groups in total. The first-order valence-corrected chi connectivity index (χ1v) is 7.67. The van der Waals surface area contributed by atoms with Gasteiger partial charge in [0.05, 0.1) is 26.8 Å². The van der Waals surface area contributed by atoms with Crippen molar-refractivity contribution in [1.82, 2.24) is 0 Å². The number of anilines is 1. The van der Waals surface area contributed by atoms with Crippen LogP contribution in [0, 0.1) is 5.82 Å². The molecule has 0 fully saturated rings. The van der Waals surface area contributed by atoms with Crippen molar-refractivity contribution in [2.75, 3.05) is 5.32 Å². The third-order valence-corrected chi connectivity index (χ3v) is 4.34. The fourth-order valence-electron chi connectivity index (χ4n) is 1.80. The van der Waals surface area contributed by atoms with Crippen LogP contribution in [-0.2, 0) is 0 Å². The lowest BCUT2D eigenvalue weighted by atomic mass is 10.1. The van der Waals surface area contributed by atoms with Gasteiger partial charge in [0.1, 0.15) is 5.82 Å². The molecule has 0 amide bonds. The maximum absolute atomic E-state index is 13.9. The minimum absolute atomic E-state index is 0.266. The molecule has 20 heavy (non-hydrogen) atoms. The molecule has 0 aromatic heterocycles. The lowest BCUT2D eigenvalue weighted by molar-refractivity contribution is 0.599. The molecule has 1 unspecified atom stereocenters. The van der Waals surface area contributed by atoms with Gasteiger partial charge in [-0.2, -0.15) is 0 Å². The summed E-state index contributed by atoms with van der Waals surface area (Å²) in [5, 5.41) is 4.33. The Bertz CT molecular complexity index is 649. The lowest BCUT2D eigenvalue weighted by Crippen LogP contribution is -2.09. The second-order valence-corrected chi connectivity index (χ2v) is 6.42. The Hall–Kier alpha value is -0.480. The molecule has 0 aliphatic rings. The molecule has 0 bridgehead atoms. The Morgan fingerprint density at radius 2 is 1.70 bits per heavy atom. The van der Waals surface area contributed by atoms with Gasteiger partial charge < -0.3 is 5.32 Å². The predicted octanol–water partition coefficient (Wildman–Crippen LogP) is 6.72. The Kier molecular flexibility index (Phi) is 5.19. The third-order valence-electron chi connectivity index (χ3n) is 2.81. The summed E-state index contributed by atoms with van der Waals surface area (Å²) in [6.07, 6.45) is 0. The molecule has 0 aliphatic carbocycles.